The molecule has 0 aliphatic heterocycles. The van der Waals surface area contributed by atoms with Crippen LogP contribution in [0.25, 0.3) is 0 Å². The zero-order valence-electron chi connectivity index (χ0n) is 10.5. The number of alkyl halides is 2. The van der Waals surface area contributed by atoms with Crippen molar-refractivity contribution in [1.82, 2.24) is 10.1 Å². The SMILES string of the molecule is Cc1cc(CC(=O)Nc2ccc(SC(F)F)nc2)no1. The fourth-order valence-corrected chi connectivity index (χ4v) is 1.93. The average Bonchev–Trinajstić information content (AvgIpc) is 2.76. The fourth-order valence-electron chi connectivity index (χ4n) is 1.49. The van der Waals surface area contributed by atoms with Gasteiger partial charge in [0.15, 0.2) is 0 Å². The van der Waals surface area contributed by atoms with Gasteiger partial charge in [0, 0.05) is 6.07 Å². The molecule has 0 bridgehead atoms. The molecule has 1 amide bonds. The predicted octanol–water partition coefficient (Wildman–Crippen LogP) is 2.87. The van der Waals surface area contributed by atoms with E-state index in [1.165, 1.54) is 18.3 Å². The normalized spacial score (nSPS) is 10.8. The number of nitrogens with zero attached hydrogens (tertiary/aromatic N) is 2. The van der Waals surface area contributed by atoms with Crippen LogP contribution in [-0.4, -0.2) is 21.8 Å². The number of carbonyl (C=O) groups excluding carboxylic acids is 1. The van der Waals surface area contributed by atoms with Crippen LogP contribution >= 0.6 is 11.8 Å². The Kier molecular flexibility index (Phi) is 4.67. The highest BCUT2D eigenvalue weighted by Crippen LogP contribution is 2.23. The Balaban J connectivity index is 1.91. The Morgan fingerprint density at radius 3 is 2.85 bits per heavy atom. The number of aryl methyl sites for hydroxylation is 1. The van der Waals surface area contributed by atoms with Crippen molar-refractivity contribution in [3.8, 4) is 0 Å². The van der Waals surface area contributed by atoms with Gasteiger partial charge in [-0.25, -0.2) is 4.98 Å². The summed E-state index contributed by atoms with van der Waals surface area (Å²) in [6.07, 6.45) is 1.40. The van der Waals surface area contributed by atoms with E-state index in [4.69, 9.17) is 4.52 Å². The standard InChI is InChI=1S/C12H11F2N3O2S/c1-7-4-9(17-19-7)5-10(18)16-8-2-3-11(15-6-8)20-12(13)14/h2-4,6,12H,5H2,1H3,(H,16,18). The molecule has 0 aliphatic carbocycles. The van der Waals surface area contributed by atoms with Gasteiger partial charge in [0.1, 0.15) is 10.8 Å². The van der Waals surface area contributed by atoms with Crippen LogP contribution < -0.4 is 5.32 Å². The molecule has 2 aromatic heterocycles. The molecule has 5 nitrogen and oxygen atoms in total. The van der Waals surface area contributed by atoms with Crippen LogP contribution in [0.4, 0.5) is 14.5 Å². The second kappa shape index (κ2) is 6.47. The molecule has 2 rings (SSSR count). The third-order valence-corrected chi connectivity index (χ3v) is 2.91. The minimum absolute atomic E-state index is 0.0743. The van der Waals surface area contributed by atoms with E-state index in [1.54, 1.807) is 13.0 Å². The molecule has 1 N–H and O–H groups in total. The molecule has 0 fully saturated rings. The molecule has 0 saturated carbocycles. The van der Waals surface area contributed by atoms with Crippen LogP contribution in [0.1, 0.15) is 11.5 Å². The molecule has 20 heavy (non-hydrogen) atoms. The van der Waals surface area contributed by atoms with Crippen LogP contribution in [0.2, 0.25) is 0 Å². The lowest BCUT2D eigenvalue weighted by Gasteiger charge is -2.04. The summed E-state index contributed by atoms with van der Waals surface area (Å²) in [7, 11) is 0. The molecule has 106 valence electrons. The molecule has 0 atom stereocenters. The third-order valence-electron chi connectivity index (χ3n) is 2.25. The highest BCUT2D eigenvalue weighted by atomic mass is 32.2. The van der Waals surface area contributed by atoms with E-state index in [9.17, 15) is 13.6 Å². The van der Waals surface area contributed by atoms with Crippen molar-refractivity contribution in [3.05, 3.63) is 35.9 Å². The highest BCUT2D eigenvalue weighted by Gasteiger charge is 2.09. The fraction of sp³-hybridized carbons (Fsp3) is 0.250. The Morgan fingerprint density at radius 1 is 1.50 bits per heavy atom. The summed E-state index contributed by atoms with van der Waals surface area (Å²) in [4.78, 5) is 15.5. The van der Waals surface area contributed by atoms with Crippen molar-refractivity contribution in [3.63, 3.8) is 0 Å². The van der Waals surface area contributed by atoms with Gasteiger partial charge in [0.05, 0.1) is 24.0 Å². The van der Waals surface area contributed by atoms with E-state index >= 15 is 0 Å². The lowest BCUT2D eigenvalue weighted by atomic mass is 10.2. The van der Waals surface area contributed by atoms with Crippen molar-refractivity contribution in [2.75, 3.05) is 5.32 Å². The molecule has 0 aromatic carbocycles. The van der Waals surface area contributed by atoms with Gasteiger partial charge in [-0.05, 0) is 30.8 Å². The number of halogens is 2. The molecule has 0 radical (unpaired) electrons. The molecule has 2 heterocycles. The summed E-state index contributed by atoms with van der Waals surface area (Å²) in [5.41, 5.74) is 0.965. The Bertz CT molecular complexity index is 587. The summed E-state index contributed by atoms with van der Waals surface area (Å²) >= 11 is 0.352. The number of rotatable bonds is 5. The Morgan fingerprint density at radius 2 is 2.30 bits per heavy atom. The molecule has 8 heteroatoms. The van der Waals surface area contributed by atoms with E-state index in [1.807, 2.05) is 0 Å². The Labute approximate surface area is 117 Å². The largest absolute Gasteiger partial charge is 0.361 e. The number of anilines is 1. The summed E-state index contributed by atoms with van der Waals surface area (Å²) in [5, 5.41) is 6.51. The first-order valence-corrected chi connectivity index (χ1v) is 6.54. The van der Waals surface area contributed by atoms with Gasteiger partial charge in [-0.1, -0.05) is 5.16 Å². The quantitative estimate of drug-likeness (QED) is 0.860. The lowest BCUT2D eigenvalue weighted by Crippen LogP contribution is -2.14. The van der Waals surface area contributed by atoms with Crippen molar-refractivity contribution >= 4 is 23.4 Å². The number of nitrogens with one attached hydrogen (secondary N) is 1. The molecule has 0 spiro atoms. The number of carbonyl (C=O) groups is 1. The van der Waals surface area contributed by atoms with Crippen molar-refractivity contribution in [2.45, 2.75) is 24.1 Å². The first-order valence-electron chi connectivity index (χ1n) is 5.66. The van der Waals surface area contributed by atoms with Crippen LogP contribution in [0.3, 0.4) is 0 Å². The minimum atomic E-state index is -2.52. The molecule has 2 aromatic rings. The number of hydrogen-bond acceptors (Lipinski definition) is 5. The summed E-state index contributed by atoms with van der Waals surface area (Å²) in [6.45, 7) is 1.73. The van der Waals surface area contributed by atoms with E-state index in [-0.39, 0.29) is 17.4 Å². The number of thioether (sulfide) groups is 1. The monoisotopic (exact) mass is 299 g/mol. The second-order valence-corrected chi connectivity index (χ2v) is 4.93. The third kappa shape index (κ3) is 4.30. The van der Waals surface area contributed by atoms with E-state index in [0.29, 0.717) is 28.9 Å². The summed E-state index contributed by atoms with van der Waals surface area (Å²) < 4.78 is 29.1. The van der Waals surface area contributed by atoms with Crippen LogP contribution in [0, 0.1) is 6.92 Å². The van der Waals surface area contributed by atoms with Crippen molar-refractivity contribution in [2.24, 2.45) is 0 Å². The average molecular weight is 299 g/mol. The van der Waals surface area contributed by atoms with E-state index < -0.39 is 5.76 Å². The van der Waals surface area contributed by atoms with Gasteiger partial charge >= 0.3 is 0 Å². The minimum Gasteiger partial charge on any atom is -0.361 e. The maximum Gasteiger partial charge on any atom is 0.290 e. The topological polar surface area (TPSA) is 68.0 Å². The number of aromatic nitrogens is 2. The first kappa shape index (κ1) is 14.4. The van der Waals surface area contributed by atoms with Gasteiger partial charge in [-0.2, -0.15) is 8.78 Å². The number of amides is 1. The smallest absolute Gasteiger partial charge is 0.290 e. The van der Waals surface area contributed by atoms with Crippen LogP contribution in [0.15, 0.2) is 33.9 Å². The zero-order chi connectivity index (χ0) is 14.5. The second-order valence-electron chi connectivity index (χ2n) is 3.92. The Hall–Kier alpha value is -1.96. The highest BCUT2D eigenvalue weighted by molar-refractivity contribution is 7.99. The van der Waals surface area contributed by atoms with Gasteiger partial charge in [0.25, 0.3) is 5.76 Å². The maximum atomic E-state index is 12.1. The van der Waals surface area contributed by atoms with Crippen molar-refractivity contribution in [1.29, 1.82) is 0 Å². The molecule has 0 saturated heterocycles. The van der Waals surface area contributed by atoms with Gasteiger partial charge < -0.3 is 9.84 Å². The lowest BCUT2D eigenvalue weighted by molar-refractivity contribution is -0.115. The molecular formula is C12H11F2N3O2S. The van der Waals surface area contributed by atoms with Gasteiger partial charge in [0.2, 0.25) is 5.91 Å². The molecule has 0 aliphatic rings. The van der Waals surface area contributed by atoms with E-state index in [0.717, 1.165) is 0 Å². The van der Waals surface area contributed by atoms with Gasteiger partial charge in [-0.3, -0.25) is 4.79 Å². The number of hydrogen-bond donors (Lipinski definition) is 1. The summed E-state index contributed by atoms with van der Waals surface area (Å²) in [6, 6.07) is 4.61. The number of pyridine rings is 1. The zero-order valence-corrected chi connectivity index (χ0v) is 11.3. The first-order chi connectivity index (χ1) is 9.52. The molecule has 0 unspecified atom stereocenters. The molecular weight excluding hydrogens is 288 g/mol. The van der Waals surface area contributed by atoms with Crippen LogP contribution in [0.5, 0.6) is 0 Å². The van der Waals surface area contributed by atoms with Gasteiger partial charge in [-0.15, -0.1) is 0 Å². The maximum absolute atomic E-state index is 12.1. The van der Waals surface area contributed by atoms with E-state index in [2.05, 4.69) is 15.5 Å². The van der Waals surface area contributed by atoms with Crippen molar-refractivity contribution < 1.29 is 18.1 Å². The summed E-state index contributed by atoms with van der Waals surface area (Å²) in [5.74, 6) is -2.17. The predicted molar refractivity (Wildman–Crippen MR) is 69.7 cm³/mol. The van der Waals surface area contributed by atoms with Crippen LogP contribution in [-0.2, 0) is 11.2 Å².